The zero-order valence-electron chi connectivity index (χ0n) is 16.7. The van der Waals surface area contributed by atoms with E-state index in [1.165, 1.54) is 50.3 Å². The van der Waals surface area contributed by atoms with Gasteiger partial charge in [-0.15, -0.1) is 0 Å². The fourth-order valence-corrected chi connectivity index (χ4v) is 4.10. The molecule has 30 heavy (non-hydrogen) atoms. The normalized spacial score (nSPS) is 14.6. The minimum absolute atomic E-state index is 0.00600. The van der Waals surface area contributed by atoms with Crippen LogP contribution in [0.15, 0.2) is 52.9 Å². The summed E-state index contributed by atoms with van der Waals surface area (Å²) >= 11 is 0. The van der Waals surface area contributed by atoms with Gasteiger partial charge in [-0.2, -0.15) is 0 Å². The summed E-state index contributed by atoms with van der Waals surface area (Å²) < 4.78 is 19.2. The van der Waals surface area contributed by atoms with Crippen LogP contribution in [0.25, 0.3) is 11.0 Å². The van der Waals surface area contributed by atoms with Crippen molar-refractivity contribution in [1.82, 2.24) is 0 Å². The van der Waals surface area contributed by atoms with Gasteiger partial charge in [0.15, 0.2) is 0 Å². The van der Waals surface area contributed by atoms with Crippen molar-refractivity contribution in [3.05, 3.63) is 60.1 Å². The molecule has 0 unspecified atom stereocenters. The van der Waals surface area contributed by atoms with Crippen LogP contribution in [0.1, 0.15) is 55.5 Å². The van der Waals surface area contributed by atoms with Crippen LogP contribution < -0.4 is 10.6 Å². The van der Waals surface area contributed by atoms with Crippen LogP contribution in [-0.2, 0) is 4.79 Å². The minimum atomic E-state index is -0.542. The average molecular weight is 408 g/mol. The highest BCUT2D eigenvalue weighted by Crippen LogP contribution is 2.32. The van der Waals surface area contributed by atoms with Gasteiger partial charge < -0.3 is 15.1 Å². The lowest BCUT2D eigenvalue weighted by molar-refractivity contribution is -0.116. The van der Waals surface area contributed by atoms with Crippen molar-refractivity contribution in [2.24, 2.45) is 5.92 Å². The molecule has 0 atom stereocenters. The first-order valence-electron chi connectivity index (χ1n) is 10.5. The molecule has 156 valence electrons. The fourth-order valence-electron chi connectivity index (χ4n) is 4.10. The molecule has 1 aliphatic carbocycles. The lowest BCUT2D eigenvalue weighted by Crippen LogP contribution is -2.18. The number of benzene rings is 2. The van der Waals surface area contributed by atoms with E-state index in [1.807, 2.05) is 6.07 Å². The van der Waals surface area contributed by atoms with Crippen molar-refractivity contribution < 1.29 is 18.4 Å². The molecule has 4 rings (SSSR count). The quantitative estimate of drug-likeness (QED) is 0.516. The summed E-state index contributed by atoms with van der Waals surface area (Å²) in [5, 5.41) is 6.18. The summed E-state index contributed by atoms with van der Waals surface area (Å²) in [5.74, 6) is -0.521. The van der Waals surface area contributed by atoms with Crippen molar-refractivity contribution in [3.63, 3.8) is 0 Å². The molecular weight excluding hydrogens is 383 g/mol. The second-order valence-corrected chi connectivity index (χ2v) is 7.86. The third-order valence-electron chi connectivity index (χ3n) is 5.65. The summed E-state index contributed by atoms with van der Waals surface area (Å²) in [7, 11) is 0. The number of furan rings is 1. The molecule has 1 aromatic heterocycles. The van der Waals surface area contributed by atoms with Gasteiger partial charge in [0.25, 0.3) is 5.91 Å². The molecule has 5 nitrogen and oxygen atoms in total. The molecule has 3 aromatic rings. The number of halogens is 1. The van der Waals surface area contributed by atoms with E-state index < -0.39 is 11.7 Å². The molecule has 1 fully saturated rings. The summed E-state index contributed by atoms with van der Waals surface area (Å²) in [4.78, 5) is 25.5. The predicted octanol–water partition coefficient (Wildman–Crippen LogP) is 6.12. The van der Waals surface area contributed by atoms with E-state index in [-0.39, 0.29) is 11.7 Å². The smallest absolute Gasteiger partial charge is 0.293 e. The SMILES string of the molecule is O=C(CCC1CCCCC1)Nc1c(C(=O)Nc2cccc(F)c2)oc2ccccc12. The largest absolute Gasteiger partial charge is 0.449 e. The molecule has 2 N–H and O–H groups in total. The van der Waals surface area contributed by atoms with Crippen molar-refractivity contribution in [1.29, 1.82) is 0 Å². The van der Waals surface area contributed by atoms with Gasteiger partial charge in [0.2, 0.25) is 11.7 Å². The topological polar surface area (TPSA) is 71.3 Å². The first-order chi connectivity index (χ1) is 14.6. The Kier molecular flexibility index (Phi) is 6.12. The molecule has 0 radical (unpaired) electrons. The molecule has 1 aliphatic rings. The Morgan fingerprint density at radius 3 is 2.60 bits per heavy atom. The summed E-state index contributed by atoms with van der Waals surface area (Å²) in [6, 6.07) is 12.8. The molecule has 1 heterocycles. The van der Waals surface area contributed by atoms with Crippen LogP contribution in [0.4, 0.5) is 15.8 Å². The number of hydrogen-bond donors (Lipinski definition) is 2. The van der Waals surface area contributed by atoms with Crippen molar-refractivity contribution in [2.45, 2.75) is 44.9 Å². The van der Waals surface area contributed by atoms with Crippen molar-refractivity contribution >= 4 is 34.2 Å². The molecule has 0 aliphatic heterocycles. The Morgan fingerprint density at radius 1 is 1.00 bits per heavy atom. The Hall–Kier alpha value is -3.15. The van der Waals surface area contributed by atoms with Gasteiger partial charge in [0.1, 0.15) is 17.1 Å². The number of para-hydroxylation sites is 1. The average Bonchev–Trinajstić information content (AvgIpc) is 3.12. The second-order valence-electron chi connectivity index (χ2n) is 7.86. The molecular formula is C24H25FN2O3. The number of hydrogen-bond acceptors (Lipinski definition) is 3. The molecule has 1 saturated carbocycles. The number of anilines is 2. The summed E-state index contributed by atoms with van der Waals surface area (Å²) in [6.07, 6.45) is 7.40. The first kappa shape index (κ1) is 20.1. The van der Waals surface area contributed by atoms with E-state index in [9.17, 15) is 14.0 Å². The Balaban J connectivity index is 1.52. The number of carbonyl (C=O) groups is 2. The maximum atomic E-state index is 13.4. The number of rotatable bonds is 6. The lowest BCUT2D eigenvalue weighted by atomic mass is 9.86. The molecule has 6 heteroatoms. The van der Waals surface area contributed by atoms with E-state index in [1.54, 1.807) is 24.3 Å². The molecule has 0 saturated heterocycles. The zero-order valence-corrected chi connectivity index (χ0v) is 16.7. The van der Waals surface area contributed by atoms with Crippen molar-refractivity contribution in [2.75, 3.05) is 10.6 Å². The summed E-state index contributed by atoms with van der Waals surface area (Å²) in [6.45, 7) is 0. The van der Waals surface area contributed by atoms with Crippen LogP contribution in [0.2, 0.25) is 0 Å². The summed E-state index contributed by atoms with van der Waals surface area (Å²) in [5.41, 5.74) is 1.17. The van der Waals surface area contributed by atoms with Gasteiger partial charge in [-0.25, -0.2) is 4.39 Å². The van der Waals surface area contributed by atoms with Crippen LogP contribution >= 0.6 is 0 Å². The zero-order chi connectivity index (χ0) is 20.9. The molecule has 2 aromatic carbocycles. The van der Waals surface area contributed by atoms with Crippen molar-refractivity contribution in [3.8, 4) is 0 Å². The van der Waals surface area contributed by atoms with E-state index in [0.717, 1.165) is 6.42 Å². The van der Waals surface area contributed by atoms with Crippen LogP contribution in [0.5, 0.6) is 0 Å². The highest BCUT2D eigenvalue weighted by Gasteiger charge is 2.23. The van der Waals surface area contributed by atoms with Gasteiger partial charge in [0.05, 0.1) is 0 Å². The van der Waals surface area contributed by atoms with Gasteiger partial charge in [-0.3, -0.25) is 9.59 Å². The number of fused-ring (bicyclic) bond motifs is 1. The number of amides is 2. The second kappa shape index (κ2) is 9.11. The molecule has 0 spiro atoms. The van der Waals surface area contributed by atoms with E-state index >= 15 is 0 Å². The van der Waals surface area contributed by atoms with Crippen LogP contribution in [0, 0.1) is 11.7 Å². The molecule has 0 bridgehead atoms. The highest BCUT2D eigenvalue weighted by atomic mass is 19.1. The maximum Gasteiger partial charge on any atom is 0.293 e. The number of nitrogens with one attached hydrogen (secondary N) is 2. The van der Waals surface area contributed by atoms with Gasteiger partial charge in [-0.1, -0.05) is 50.3 Å². The van der Waals surface area contributed by atoms with E-state index in [2.05, 4.69) is 10.6 Å². The van der Waals surface area contributed by atoms with Crippen LogP contribution in [0.3, 0.4) is 0 Å². The third kappa shape index (κ3) is 4.70. The Bertz CT molecular complexity index is 1050. The maximum absolute atomic E-state index is 13.4. The Labute approximate surface area is 174 Å². The first-order valence-corrected chi connectivity index (χ1v) is 10.5. The van der Waals surface area contributed by atoms with E-state index in [0.29, 0.717) is 34.7 Å². The standard InChI is InChI=1S/C24H25FN2O3/c25-17-9-6-10-18(15-17)26-24(29)23-22(19-11-4-5-12-20(19)30-23)27-21(28)14-13-16-7-2-1-3-8-16/h4-6,9-12,15-16H,1-3,7-8,13-14H2,(H,26,29)(H,27,28). The predicted molar refractivity (Wildman–Crippen MR) is 115 cm³/mol. The fraction of sp³-hybridized carbons (Fsp3) is 0.333. The van der Waals surface area contributed by atoms with Gasteiger partial charge in [0, 0.05) is 17.5 Å². The highest BCUT2D eigenvalue weighted by molar-refractivity contribution is 6.14. The van der Waals surface area contributed by atoms with Crippen LogP contribution in [-0.4, -0.2) is 11.8 Å². The lowest BCUT2D eigenvalue weighted by Gasteiger charge is -2.21. The number of carbonyl (C=O) groups excluding carboxylic acids is 2. The molecule has 2 amide bonds. The Morgan fingerprint density at radius 2 is 1.80 bits per heavy atom. The monoisotopic (exact) mass is 408 g/mol. The third-order valence-corrected chi connectivity index (χ3v) is 5.65. The van der Waals surface area contributed by atoms with E-state index in [4.69, 9.17) is 4.42 Å². The minimum Gasteiger partial charge on any atom is -0.449 e. The van der Waals surface area contributed by atoms with Gasteiger partial charge in [-0.05, 0) is 42.7 Å². The van der Waals surface area contributed by atoms with Gasteiger partial charge >= 0.3 is 0 Å².